The standard InChI is InChI=1S/C23H30FN3O2/c1-5-23(29)25-18-7-6-10-26(13-18)14-22(28)20-11-16(3)27(17(20)4)19-9-8-15(2)21(24)12-19/h8-9,11-12,18H,5-7,10,13-14H2,1-4H3,(H,25,29). The molecule has 29 heavy (non-hydrogen) atoms. The van der Waals surface area contributed by atoms with E-state index >= 15 is 0 Å². The van der Waals surface area contributed by atoms with Gasteiger partial charge in [-0.1, -0.05) is 13.0 Å². The fraction of sp³-hybridized carbons (Fsp3) is 0.478. The number of aryl methyl sites for hydroxylation is 2. The molecule has 1 atom stereocenters. The van der Waals surface area contributed by atoms with Crippen LogP contribution in [0.25, 0.3) is 5.69 Å². The molecule has 2 heterocycles. The molecule has 1 N–H and O–H groups in total. The maximum atomic E-state index is 14.0. The van der Waals surface area contributed by atoms with Gasteiger partial charge in [-0.2, -0.15) is 0 Å². The van der Waals surface area contributed by atoms with Crippen LogP contribution < -0.4 is 5.32 Å². The third-order valence-electron chi connectivity index (χ3n) is 5.70. The molecule has 0 spiro atoms. The van der Waals surface area contributed by atoms with E-state index < -0.39 is 0 Å². The summed E-state index contributed by atoms with van der Waals surface area (Å²) in [6, 6.07) is 7.12. The third-order valence-corrected chi connectivity index (χ3v) is 5.70. The van der Waals surface area contributed by atoms with E-state index in [0.29, 0.717) is 30.6 Å². The summed E-state index contributed by atoms with van der Waals surface area (Å²) >= 11 is 0. The summed E-state index contributed by atoms with van der Waals surface area (Å²) in [7, 11) is 0. The number of hydrogen-bond acceptors (Lipinski definition) is 3. The summed E-state index contributed by atoms with van der Waals surface area (Å²) in [5, 5.41) is 3.04. The first-order chi connectivity index (χ1) is 13.8. The number of benzene rings is 1. The summed E-state index contributed by atoms with van der Waals surface area (Å²) in [4.78, 5) is 26.8. The lowest BCUT2D eigenvalue weighted by Gasteiger charge is -2.32. The molecular formula is C23H30FN3O2. The number of amides is 1. The average Bonchev–Trinajstić information content (AvgIpc) is 2.98. The Bertz CT molecular complexity index is 919. The van der Waals surface area contributed by atoms with Crippen LogP contribution in [0.5, 0.6) is 0 Å². The van der Waals surface area contributed by atoms with E-state index in [0.717, 1.165) is 36.5 Å². The van der Waals surface area contributed by atoms with Crippen molar-refractivity contribution in [1.29, 1.82) is 0 Å². The van der Waals surface area contributed by atoms with E-state index in [4.69, 9.17) is 0 Å². The van der Waals surface area contributed by atoms with Crippen LogP contribution in [0.3, 0.4) is 0 Å². The molecule has 6 heteroatoms. The van der Waals surface area contributed by atoms with Crippen LogP contribution in [-0.2, 0) is 4.79 Å². The van der Waals surface area contributed by atoms with Crippen molar-refractivity contribution in [2.45, 2.75) is 53.0 Å². The topological polar surface area (TPSA) is 54.3 Å². The molecule has 1 saturated heterocycles. The molecule has 1 aliphatic rings. The first kappa shape index (κ1) is 21.2. The van der Waals surface area contributed by atoms with Crippen molar-refractivity contribution in [1.82, 2.24) is 14.8 Å². The number of rotatable bonds is 6. The number of Topliss-reactive ketones (excluding diaryl/α,β-unsaturated/α-hetero) is 1. The lowest BCUT2D eigenvalue weighted by molar-refractivity contribution is -0.121. The summed E-state index contributed by atoms with van der Waals surface area (Å²) in [6.45, 7) is 9.28. The summed E-state index contributed by atoms with van der Waals surface area (Å²) in [5.74, 6) is -0.146. The van der Waals surface area contributed by atoms with Gasteiger partial charge in [-0.3, -0.25) is 14.5 Å². The number of halogens is 1. The number of nitrogens with one attached hydrogen (secondary N) is 1. The normalized spacial score (nSPS) is 17.3. The number of piperidine rings is 1. The Morgan fingerprint density at radius 1 is 1.21 bits per heavy atom. The second-order valence-corrected chi connectivity index (χ2v) is 7.97. The van der Waals surface area contributed by atoms with Crippen molar-refractivity contribution in [2.24, 2.45) is 0 Å². The lowest BCUT2D eigenvalue weighted by atomic mass is 10.0. The van der Waals surface area contributed by atoms with E-state index in [1.165, 1.54) is 6.07 Å². The van der Waals surface area contributed by atoms with Crippen molar-refractivity contribution < 1.29 is 14.0 Å². The van der Waals surface area contributed by atoms with E-state index in [2.05, 4.69) is 10.2 Å². The molecule has 3 rings (SSSR count). The number of carbonyl (C=O) groups excluding carboxylic acids is 2. The highest BCUT2D eigenvalue weighted by Gasteiger charge is 2.24. The molecule has 2 aromatic rings. The number of carbonyl (C=O) groups is 2. The van der Waals surface area contributed by atoms with Crippen LogP contribution >= 0.6 is 0 Å². The first-order valence-electron chi connectivity index (χ1n) is 10.3. The summed E-state index contributed by atoms with van der Waals surface area (Å²) in [5.41, 5.74) is 3.72. The van der Waals surface area contributed by atoms with Crippen LogP contribution in [0, 0.1) is 26.6 Å². The van der Waals surface area contributed by atoms with Crippen molar-refractivity contribution >= 4 is 11.7 Å². The van der Waals surface area contributed by atoms with E-state index in [-0.39, 0.29) is 23.5 Å². The highest BCUT2D eigenvalue weighted by molar-refractivity contribution is 5.99. The zero-order chi connectivity index (χ0) is 21.1. The van der Waals surface area contributed by atoms with Gasteiger partial charge < -0.3 is 9.88 Å². The monoisotopic (exact) mass is 399 g/mol. The molecule has 156 valence electrons. The minimum absolute atomic E-state index is 0.0528. The second-order valence-electron chi connectivity index (χ2n) is 7.97. The molecule has 1 amide bonds. The fourth-order valence-corrected chi connectivity index (χ4v) is 4.10. The zero-order valence-electron chi connectivity index (χ0n) is 17.7. The molecule has 5 nitrogen and oxygen atoms in total. The first-order valence-corrected chi connectivity index (χ1v) is 10.3. The molecule has 1 aromatic heterocycles. The van der Waals surface area contributed by atoms with Gasteiger partial charge in [0.05, 0.1) is 6.54 Å². The molecule has 1 unspecified atom stereocenters. The largest absolute Gasteiger partial charge is 0.352 e. The maximum Gasteiger partial charge on any atom is 0.219 e. The number of ketones is 1. The Morgan fingerprint density at radius 2 is 1.97 bits per heavy atom. The van der Waals surface area contributed by atoms with Crippen LogP contribution in [0.15, 0.2) is 24.3 Å². The Morgan fingerprint density at radius 3 is 2.66 bits per heavy atom. The Balaban J connectivity index is 1.75. The average molecular weight is 400 g/mol. The molecule has 0 saturated carbocycles. The minimum atomic E-state index is -0.253. The third kappa shape index (κ3) is 4.75. The quantitative estimate of drug-likeness (QED) is 0.754. The van der Waals surface area contributed by atoms with Crippen molar-refractivity contribution in [3.63, 3.8) is 0 Å². The Hall–Kier alpha value is -2.47. The van der Waals surface area contributed by atoms with Gasteiger partial charge in [0.1, 0.15) is 5.82 Å². The van der Waals surface area contributed by atoms with Gasteiger partial charge >= 0.3 is 0 Å². The molecular weight excluding hydrogens is 369 g/mol. The second kappa shape index (κ2) is 8.91. The molecule has 0 aliphatic carbocycles. The number of hydrogen-bond donors (Lipinski definition) is 1. The molecule has 0 bridgehead atoms. The van der Waals surface area contributed by atoms with Crippen LogP contribution in [0.1, 0.15) is 53.5 Å². The van der Waals surface area contributed by atoms with Gasteiger partial charge in [0.15, 0.2) is 5.78 Å². The van der Waals surface area contributed by atoms with Crippen LogP contribution in [0.2, 0.25) is 0 Å². The highest BCUT2D eigenvalue weighted by Crippen LogP contribution is 2.23. The molecule has 0 radical (unpaired) electrons. The van der Waals surface area contributed by atoms with Gasteiger partial charge in [0.25, 0.3) is 0 Å². The van der Waals surface area contributed by atoms with Gasteiger partial charge in [0, 0.05) is 41.6 Å². The molecule has 1 aromatic carbocycles. The number of nitrogens with zero attached hydrogens (tertiary/aromatic N) is 2. The van der Waals surface area contributed by atoms with Gasteiger partial charge in [-0.25, -0.2) is 4.39 Å². The smallest absolute Gasteiger partial charge is 0.219 e. The predicted molar refractivity (Wildman–Crippen MR) is 112 cm³/mol. The maximum absolute atomic E-state index is 14.0. The van der Waals surface area contributed by atoms with Crippen molar-refractivity contribution in [3.05, 3.63) is 52.6 Å². The van der Waals surface area contributed by atoms with E-state index in [9.17, 15) is 14.0 Å². The molecule has 1 aliphatic heterocycles. The van der Waals surface area contributed by atoms with Gasteiger partial charge in [0.2, 0.25) is 5.91 Å². The van der Waals surface area contributed by atoms with Crippen LogP contribution in [0.4, 0.5) is 4.39 Å². The lowest BCUT2D eigenvalue weighted by Crippen LogP contribution is -2.48. The van der Waals surface area contributed by atoms with Crippen molar-refractivity contribution in [3.8, 4) is 5.69 Å². The minimum Gasteiger partial charge on any atom is -0.352 e. The van der Waals surface area contributed by atoms with E-state index in [1.807, 2.05) is 37.5 Å². The number of aromatic nitrogens is 1. The Labute approximate surface area is 171 Å². The highest BCUT2D eigenvalue weighted by atomic mass is 19.1. The van der Waals surface area contributed by atoms with Crippen LogP contribution in [-0.4, -0.2) is 46.8 Å². The van der Waals surface area contributed by atoms with Gasteiger partial charge in [-0.15, -0.1) is 0 Å². The Kier molecular flexibility index (Phi) is 6.52. The van der Waals surface area contributed by atoms with Crippen molar-refractivity contribution in [2.75, 3.05) is 19.6 Å². The summed E-state index contributed by atoms with van der Waals surface area (Å²) < 4.78 is 16.0. The SMILES string of the molecule is CCC(=O)NC1CCCN(CC(=O)c2cc(C)n(-c3ccc(C)c(F)c3)c2C)C1. The fourth-order valence-electron chi connectivity index (χ4n) is 4.10. The summed E-state index contributed by atoms with van der Waals surface area (Å²) in [6.07, 6.45) is 2.38. The van der Waals surface area contributed by atoms with Gasteiger partial charge in [-0.05, 0) is 63.9 Å². The number of likely N-dealkylation sites (tertiary alicyclic amines) is 1. The van der Waals surface area contributed by atoms with E-state index in [1.54, 1.807) is 13.0 Å². The molecule has 1 fully saturated rings. The predicted octanol–water partition coefficient (Wildman–Crippen LogP) is 3.71. The zero-order valence-corrected chi connectivity index (χ0v) is 17.7.